The average molecular weight is 240 g/mol. The van der Waals surface area contributed by atoms with Gasteiger partial charge in [-0.25, -0.2) is 4.39 Å². The largest absolute Gasteiger partial charge is 0.490 e. The third-order valence-corrected chi connectivity index (χ3v) is 2.56. The highest BCUT2D eigenvalue weighted by Crippen LogP contribution is 2.19. The van der Waals surface area contributed by atoms with Crippen LogP contribution in [0.25, 0.3) is 0 Å². The summed E-state index contributed by atoms with van der Waals surface area (Å²) in [5.41, 5.74) is 0. The Morgan fingerprint density at radius 1 is 1.35 bits per heavy atom. The minimum atomic E-state index is -0.431. The van der Waals surface area contributed by atoms with Gasteiger partial charge in [-0.1, -0.05) is 26.0 Å². The van der Waals surface area contributed by atoms with Crippen LogP contribution in [-0.2, 0) is 9.53 Å². The first-order chi connectivity index (χ1) is 8.06. The second-order valence-electron chi connectivity index (χ2n) is 4.12. The molecule has 1 rings (SSSR count). The molecule has 0 aliphatic heterocycles. The lowest BCUT2D eigenvalue weighted by atomic mass is 9.97. The van der Waals surface area contributed by atoms with Crippen LogP contribution >= 0.6 is 0 Å². The fraction of sp³-hybridized carbons (Fsp3) is 0.462. The van der Waals surface area contributed by atoms with Crippen molar-refractivity contribution in [2.24, 2.45) is 11.8 Å². The SMILES string of the molecule is COC(=O)C(COc1ccccc1F)C(C)C. The van der Waals surface area contributed by atoms with Crippen LogP contribution in [0.2, 0.25) is 0 Å². The van der Waals surface area contributed by atoms with Gasteiger partial charge in [-0.15, -0.1) is 0 Å². The van der Waals surface area contributed by atoms with E-state index in [1.165, 1.54) is 19.2 Å². The number of rotatable bonds is 5. The molecule has 1 aromatic carbocycles. The summed E-state index contributed by atoms with van der Waals surface area (Å²) in [6.45, 7) is 3.91. The lowest BCUT2D eigenvalue weighted by molar-refractivity contribution is -0.148. The highest BCUT2D eigenvalue weighted by molar-refractivity contribution is 5.72. The van der Waals surface area contributed by atoms with E-state index >= 15 is 0 Å². The van der Waals surface area contributed by atoms with Crippen molar-refractivity contribution in [2.45, 2.75) is 13.8 Å². The van der Waals surface area contributed by atoms with Gasteiger partial charge in [-0.2, -0.15) is 0 Å². The predicted octanol–water partition coefficient (Wildman–Crippen LogP) is 2.65. The zero-order chi connectivity index (χ0) is 12.8. The van der Waals surface area contributed by atoms with Crippen LogP contribution in [0.15, 0.2) is 24.3 Å². The van der Waals surface area contributed by atoms with E-state index in [9.17, 15) is 9.18 Å². The van der Waals surface area contributed by atoms with Gasteiger partial charge in [0.15, 0.2) is 11.6 Å². The van der Waals surface area contributed by atoms with E-state index < -0.39 is 5.82 Å². The first-order valence-corrected chi connectivity index (χ1v) is 5.51. The Bertz CT molecular complexity index is 377. The second-order valence-corrected chi connectivity index (χ2v) is 4.12. The molecule has 0 aliphatic carbocycles. The molecule has 0 radical (unpaired) electrons. The number of carbonyl (C=O) groups is 1. The maximum Gasteiger partial charge on any atom is 0.312 e. The van der Waals surface area contributed by atoms with E-state index in [1.807, 2.05) is 13.8 Å². The molecule has 0 bridgehead atoms. The summed E-state index contributed by atoms with van der Waals surface area (Å²) in [5, 5.41) is 0. The molecule has 4 heteroatoms. The van der Waals surface area contributed by atoms with E-state index in [-0.39, 0.29) is 30.2 Å². The monoisotopic (exact) mass is 240 g/mol. The predicted molar refractivity (Wildman–Crippen MR) is 62.2 cm³/mol. The number of halogens is 1. The van der Waals surface area contributed by atoms with Gasteiger partial charge in [0, 0.05) is 0 Å². The number of carbonyl (C=O) groups excluding carboxylic acids is 1. The molecular weight excluding hydrogens is 223 g/mol. The molecule has 0 saturated carbocycles. The van der Waals surface area contributed by atoms with Gasteiger partial charge in [0.1, 0.15) is 6.61 Å². The number of methoxy groups -OCH3 is 1. The molecule has 0 amide bonds. The molecule has 0 fully saturated rings. The van der Waals surface area contributed by atoms with Gasteiger partial charge in [-0.3, -0.25) is 4.79 Å². The maximum atomic E-state index is 13.3. The summed E-state index contributed by atoms with van der Waals surface area (Å²) in [6, 6.07) is 6.12. The number of hydrogen-bond acceptors (Lipinski definition) is 3. The van der Waals surface area contributed by atoms with Crippen molar-refractivity contribution in [3.8, 4) is 5.75 Å². The molecule has 1 unspecified atom stereocenters. The fourth-order valence-electron chi connectivity index (χ4n) is 1.43. The van der Waals surface area contributed by atoms with Crippen molar-refractivity contribution in [3.63, 3.8) is 0 Å². The van der Waals surface area contributed by atoms with E-state index in [4.69, 9.17) is 4.74 Å². The Morgan fingerprint density at radius 3 is 2.53 bits per heavy atom. The van der Waals surface area contributed by atoms with Crippen molar-refractivity contribution in [1.82, 2.24) is 0 Å². The van der Waals surface area contributed by atoms with Gasteiger partial charge in [0.05, 0.1) is 13.0 Å². The van der Waals surface area contributed by atoms with Crippen LogP contribution < -0.4 is 4.74 Å². The van der Waals surface area contributed by atoms with Crippen LogP contribution in [0.3, 0.4) is 0 Å². The summed E-state index contributed by atoms with van der Waals surface area (Å²) in [4.78, 5) is 11.5. The molecule has 0 heterocycles. The highest BCUT2D eigenvalue weighted by atomic mass is 19.1. The molecule has 94 valence electrons. The molecule has 3 nitrogen and oxygen atoms in total. The van der Waals surface area contributed by atoms with E-state index in [2.05, 4.69) is 4.74 Å². The Kier molecular flexibility index (Phi) is 4.94. The Morgan fingerprint density at radius 2 is 2.00 bits per heavy atom. The molecule has 1 aromatic rings. The number of para-hydroxylation sites is 1. The lowest BCUT2D eigenvalue weighted by Gasteiger charge is -2.18. The Hall–Kier alpha value is -1.58. The molecule has 17 heavy (non-hydrogen) atoms. The molecule has 0 aromatic heterocycles. The minimum Gasteiger partial charge on any atom is -0.490 e. The van der Waals surface area contributed by atoms with Crippen molar-refractivity contribution < 1.29 is 18.7 Å². The summed E-state index contributed by atoms with van der Waals surface area (Å²) in [6.07, 6.45) is 0. The van der Waals surface area contributed by atoms with Gasteiger partial charge in [-0.05, 0) is 18.1 Å². The van der Waals surface area contributed by atoms with Crippen LogP contribution in [0.4, 0.5) is 4.39 Å². The number of ether oxygens (including phenoxy) is 2. The van der Waals surface area contributed by atoms with Crippen LogP contribution in [0, 0.1) is 17.7 Å². The summed E-state index contributed by atoms with van der Waals surface area (Å²) in [7, 11) is 1.33. The van der Waals surface area contributed by atoms with Crippen molar-refractivity contribution in [2.75, 3.05) is 13.7 Å². The van der Waals surface area contributed by atoms with E-state index in [0.29, 0.717) is 0 Å². The summed E-state index contributed by atoms with van der Waals surface area (Å²) in [5.74, 6) is -0.924. The Labute approximate surface area is 101 Å². The van der Waals surface area contributed by atoms with E-state index in [1.54, 1.807) is 12.1 Å². The fourth-order valence-corrected chi connectivity index (χ4v) is 1.43. The van der Waals surface area contributed by atoms with Crippen LogP contribution in [-0.4, -0.2) is 19.7 Å². The number of esters is 1. The van der Waals surface area contributed by atoms with Crippen molar-refractivity contribution in [3.05, 3.63) is 30.1 Å². The van der Waals surface area contributed by atoms with E-state index in [0.717, 1.165) is 0 Å². The lowest BCUT2D eigenvalue weighted by Crippen LogP contribution is -2.28. The molecular formula is C13H17FO3. The first kappa shape index (κ1) is 13.5. The number of hydrogen-bond donors (Lipinski definition) is 0. The molecule has 0 saturated heterocycles. The topological polar surface area (TPSA) is 35.5 Å². The van der Waals surface area contributed by atoms with Crippen molar-refractivity contribution in [1.29, 1.82) is 0 Å². The Balaban J connectivity index is 2.64. The quantitative estimate of drug-likeness (QED) is 0.742. The van der Waals surface area contributed by atoms with Gasteiger partial charge < -0.3 is 9.47 Å². The molecule has 0 aliphatic rings. The van der Waals surface area contributed by atoms with Crippen LogP contribution in [0.1, 0.15) is 13.8 Å². The summed E-state index contributed by atoms with van der Waals surface area (Å²) < 4.78 is 23.3. The normalized spacial score (nSPS) is 12.3. The smallest absolute Gasteiger partial charge is 0.312 e. The second kappa shape index (κ2) is 6.23. The summed E-state index contributed by atoms with van der Waals surface area (Å²) >= 11 is 0. The third-order valence-electron chi connectivity index (χ3n) is 2.56. The maximum absolute atomic E-state index is 13.3. The zero-order valence-electron chi connectivity index (χ0n) is 10.3. The molecule has 0 N–H and O–H groups in total. The molecule has 0 spiro atoms. The first-order valence-electron chi connectivity index (χ1n) is 5.51. The van der Waals surface area contributed by atoms with Gasteiger partial charge in [0.2, 0.25) is 0 Å². The number of benzene rings is 1. The zero-order valence-corrected chi connectivity index (χ0v) is 10.3. The minimum absolute atomic E-state index is 0.0780. The van der Waals surface area contributed by atoms with Gasteiger partial charge >= 0.3 is 5.97 Å². The third kappa shape index (κ3) is 3.73. The van der Waals surface area contributed by atoms with Crippen LogP contribution in [0.5, 0.6) is 5.75 Å². The molecule has 1 atom stereocenters. The van der Waals surface area contributed by atoms with Crippen molar-refractivity contribution >= 4 is 5.97 Å². The highest BCUT2D eigenvalue weighted by Gasteiger charge is 2.24. The van der Waals surface area contributed by atoms with Gasteiger partial charge in [0.25, 0.3) is 0 Å². The standard InChI is InChI=1S/C13H17FO3/c1-9(2)10(13(15)16-3)8-17-12-7-5-4-6-11(12)14/h4-7,9-10H,8H2,1-3H3. The average Bonchev–Trinajstić information content (AvgIpc) is 2.30.